The van der Waals surface area contributed by atoms with E-state index in [0.29, 0.717) is 12.8 Å². The number of nitrogens with zero attached hydrogens (tertiary/aromatic N) is 1. The summed E-state index contributed by atoms with van der Waals surface area (Å²) in [6.07, 6.45) is 4.64. The van der Waals surface area contributed by atoms with Gasteiger partial charge in [-0.25, -0.2) is 0 Å². The quantitative estimate of drug-likeness (QED) is 0.772. The van der Waals surface area contributed by atoms with Gasteiger partial charge in [0.15, 0.2) is 11.5 Å². The van der Waals surface area contributed by atoms with Crippen molar-refractivity contribution >= 4 is 0 Å². The number of hydrogen-bond acceptors (Lipinski definition) is 4. The third-order valence-electron chi connectivity index (χ3n) is 6.22. The largest absolute Gasteiger partial charge is 0.496 e. The van der Waals surface area contributed by atoms with Gasteiger partial charge in [-0.1, -0.05) is 6.07 Å². The van der Waals surface area contributed by atoms with Crippen LogP contribution in [0, 0.1) is 6.92 Å². The van der Waals surface area contributed by atoms with Crippen molar-refractivity contribution in [3.63, 3.8) is 0 Å². The molecule has 2 aromatic rings. The van der Waals surface area contributed by atoms with E-state index in [1.807, 2.05) is 0 Å². The molecule has 0 aromatic heterocycles. The third kappa shape index (κ3) is 2.47. The highest BCUT2D eigenvalue weighted by atomic mass is 16.7. The van der Waals surface area contributed by atoms with Crippen molar-refractivity contribution in [3.05, 3.63) is 52.1 Å². The molecule has 1 unspecified atom stereocenters. The van der Waals surface area contributed by atoms with Crippen molar-refractivity contribution in [3.8, 4) is 17.2 Å². The van der Waals surface area contributed by atoms with Crippen molar-refractivity contribution in [1.82, 2.24) is 4.90 Å². The van der Waals surface area contributed by atoms with Gasteiger partial charge in [0, 0.05) is 12.6 Å². The summed E-state index contributed by atoms with van der Waals surface area (Å²) in [6, 6.07) is 9.25. The van der Waals surface area contributed by atoms with Crippen LogP contribution in [0.1, 0.15) is 46.7 Å². The standard InChI is InChI=1S/C22H25NO3/c1-14-18-12-23-8-4-3-5-15-10-21-22(26-13-25-21)11-17(15)19(23)9-16(18)6-7-20(14)24-2/h6-7,10-11,19H,3-5,8-9,12-13H2,1-2H3. The van der Waals surface area contributed by atoms with Gasteiger partial charge in [-0.2, -0.15) is 0 Å². The highest BCUT2D eigenvalue weighted by Gasteiger charge is 2.32. The minimum absolute atomic E-state index is 0.342. The molecule has 26 heavy (non-hydrogen) atoms. The summed E-state index contributed by atoms with van der Waals surface area (Å²) in [5.74, 6) is 2.81. The highest BCUT2D eigenvalue weighted by Crippen LogP contribution is 2.43. The first-order chi connectivity index (χ1) is 12.7. The molecule has 0 fully saturated rings. The Kier molecular flexibility index (Phi) is 3.82. The number of benzene rings is 2. The molecule has 0 amide bonds. The average Bonchev–Trinajstić information content (AvgIpc) is 3.10. The lowest BCUT2D eigenvalue weighted by Gasteiger charge is -2.40. The van der Waals surface area contributed by atoms with E-state index in [1.54, 1.807) is 7.11 Å². The second kappa shape index (κ2) is 6.20. The Bertz CT molecular complexity index is 861. The molecule has 3 heterocycles. The summed E-state index contributed by atoms with van der Waals surface area (Å²) in [5, 5.41) is 0. The van der Waals surface area contributed by atoms with Crippen LogP contribution in [0.25, 0.3) is 0 Å². The zero-order valence-corrected chi connectivity index (χ0v) is 15.5. The second-order valence-corrected chi connectivity index (χ2v) is 7.58. The summed E-state index contributed by atoms with van der Waals surface area (Å²) in [5.41, 5.74) is 7.04. The Morgan fingerprint density at radius 3 is 2.77 bits per heavy atom. The molecule has 136 valence electrons. The molecule has 5 rings (SSSR count). The smallest absolute Gasteiger partial charge is 0.231 e. The minimum Gasteiger partial charge on any atom is -0.496 e. The highest BCUT2D eigenvalue weighted by molar-refractivity contribution is 5.52. The molecule has 0 radical (unpaired) electrons. The van der Waals surface area contributed by atoms with Gasteiger partial charge in [-0.15, -0.1) is 0 Å². The van der Waals surface area contributed by atoms with Crippen molar-refractivity contribution in [2.24, 2.45) is 0 Å². The fourth-order valence-electron chi connectivity index (χ4n) is 4.77. The number of rotatable bonds is 1. The predicted molar refractivity (Wildman–Crippen MR) is 100 cm³/mol. The monoisotopic (exact) mass is 351 g/mol. The Balaban J connectivity index is 1.60. The van der Waals surface area contributed by atoms with Gasteiger partial charge in [-0.05, 0) is 85.2 Å². The molecule has 0 saturated carbocycles. The topological polar surface area (TPSA) is 30.9 Å². The fraction of sp³-hybridized carbons (Fsp3) is 0.455. The number of methoxy groups -OCH3 is 1. The van der Waals surface area contributed by atoms with Crippen molar-refractivity contribution in [2.45, 2.75) is 45.2 Å². The van der Waals surface area contributed by atoms with Gasteiger partial charge < -0.3 is 14.2 Å². The Morgan fingerprint density at radius 2 is 1.92 bits per heavy atom. The zero-order valence-electron chi connectivity index (χ0n) is 15.5. The lowest BCUT2D eigenvalue weighted by Crippen LogP contribution is -2.36. The van der Waals surface area contributed by atoms with Crippen LogP contribution in [-0.4, -0.2) is 25.3 Å². The van der Waals surface area contributed by atoms with Crippen molar-refractivity contribution < 1.29 is 14.2 Å². The van der Waals surface area contributed by atoms with Gasteiger partial charge >= 0.3 is 0 Å². The molecule has 2 aromatic carbocycles. The maximum absolute atomic E-state index is 5.68. The maximum atomic E-state index is 5.68. The molecular formula is C22H25NO3. The first-order valence-electron chi connectivity index (χ1n) is 9.56. The van der Waals surface area contributed by atoms with E-state index in [4.69, 9.17) is 14.2 Å². The van der Waals surface area contributed by atoms with Crippen molar-refractivity contribution in [1.29, 1.82) is 0 Å². The molecule has 0 saturated heterocycles. The van der Waals surface area contributed by atoms with Crippen molar-refractivity contribution in [2.75, 3.05) is 20.4 Å². The molecule has 0 N–H and O–H groups in total. The van der Waals surface area contributed by atoms with Gasteiger partial charge in [-0.3, -0.25) is 4.90 Å². The van der Waals surface area contributed by atoms with E-state index < -0.39 is 0 Å². The van der Waals surface area contributed by atoms with Crippen LogP contribution >= 0.6 is 0 Å². The molecule has 3 aliphatic rings. The summed E-state index contributed by atoms with van der Waals surface area (Å²) in [7, 11) is 1.76. The van der Waals surface area contributed by atoms with E-state index in [9.17, 15) is 0 Å². The summed E-state index contributed by atoms with van der Waals surface area (Å²) >= 11 is 0. The van der Waals surface area contributed by atoms with E-state index in [-0.39, 0.29) is 0 Å². The van der Waals surface area contributed by atoms with E-state index in [2.05, 4.69) is 36.1 Å². The van der Waals surface area contributed by atoms with Gasteiger partial charge in [0.2, 0.25) is 6.79 Å². The lowest BCUT2D eigenvalue weighted by atomic mass is 9.83. The van der Waals surface area contributed by atoms with Crippen LogP contribution < -0.4 is 14.2 Å². The van der Waals surface area contributed by atoms with Crippen LogP contribution in [0.3, 0.4) is 0 Å². The van der Waals surface area contributed by atoms with Crippen LogP contribution in [0.15, 0.2) is 24.3 Å². The van der Waals surface area contributed by atoms with E-state index in [1.165, 1.54) is 40.7 Å². The SMILES string of the molecule is COc1ccc2c(c1C)CN1CCCCc3cc4c(cc3C1C2)OCO4. The molecule has 1 atom stereocenters. The fourth-order valence-corrected chi connectivity index (χ4v) is 4.77. The Morgan fingerprint density at radius 1 is 1.08 bits per heavy atom. The molecule has 0 aliphatic carbocycles. The molecule has 0 bridgehead atoms. The minimum atomic E-state index is 0.342. The zero-order chi connectivity index (χ0) is 17.7. The third-order valence-corrected chi connectivity index (χ3v) is 6.22. The summed E-state index contributed by atoms with van der Waals surface area (Å²) in [4.78, 5) is 2.65. The number of aryl methyl sites for hydroxylation is 1. The molecule has 0 spiro atoms. The number of fused-ring (bicyclic) bond motifs is 5. The van der Waals surface area contributed by atoms with E-state index >= 15 is 0 Å². The average molecular weight is 351 g/mol. The summed E-state index contributed by atoms with van der Waals surface area (Å²) in [6.45, 7) is 4.67. The molecule has 4 nitrogen and oxygen atoms in total. The number of hydrogen-bond donors (Lipinski definition) is 0. The second-order valence-electron chi connectivity index (χ2n) is 7.58. The lowest BCUT2D eigenvalue weighted by molar-refractivity contribution is 0.162. The molecular weight excluding hydrogens is 326 g/mol. The van der Waals surface area contributed by atoms with Gasteiger partial charge in [0.25, 0.3) is 0 Å². The Hall–Kier alpha value is -2.20. The van der Waals surface area contributed by atoms with Crippen LogP contribution in [0.4, 0.5) is 0 Å². The van der Waals surface area contributed by atoms with Gasteiger partial charge in [0.1, 0.15) is 5.75 Å². The molecule has 3 aliphatic heterocycles. The number of ether oxygens (including phenoxy) is 3. The molecule has 4 heteroatoms. The van der Waals surface area contributed by atoms with Crippen LogP contribution in [-0.2, 0) is 19.4 Å². The maximum Gasteiger partial charge on any atom is 0.231 e. The normalized spacial score (nSPS) is 21.2. The van der Waals surface area contributed by atoms with Crippen LogP contribution in [0.2, 0.25) is 0 Å². The van der Waals surface area contributed by atoms with Crippen LogP contribution in [0.5, 0.6) is 17.2 Å². The van der Waals surface area contributed by atoms with E-state index in [0.717, 1.165) is 43.2 Å². The van der Waals surface area contributed by atoms with Gasteiger partial charge in [0.05, 0.1) is 7.11 Å². The Labute approximate surface area is 154 Å². The summed E-state index contributed by atoms with van der Waals surface area (Å²) < 4.78 is 16.8. The first kappa shape index (κ1) is 16.0. The predicted octanol–water partition coefficient (Wildman–Crippen LogP) is 4.17. The first-order valence-corrected chi connectivity index (χ1v) is 9.56.